The number of halogens is 1. The van der Waals surface area contributed by atoms with Crippen molar-refractivity contribution >= 4 is 15.9 Å². The van der Waals surface area contributed by atoms with Crippen molar-refractivity contribution in [1.82, 2.24) is 0 Å². The molecule has 0 N–H and O–H groups in total. The highest BCUT2D eigenvalue weighted by Gasteiger charge is 2.27. The Hall–Kier alpha value is 0.440. The third-order valence-electron chi connectivity index (χ3n) is 2.23. The van der Waals surface area contributed by atoms with Gasteiger partial charge in [-0.15, -0.1) is 0 Å². The Morgan fingerprint density at radius 1 is 1.17 bits per heavy atom. The van der Waals surface area contributed by atoms with E-state index in [1.54, 1.807) is 7.11 Å². The maximum absolute atomic E-state index is 5.40. The second-order valence-corrected chi connectivity index (χ2v) is 5.54. The van der Waals surface area contributed by atoms with Crippen molar-refractivity contribution in [3.8, 4) is 0 Å². The molecule has 0 amide bonds. The quantitative estimate of drug-likeness (QED) is 0.663. The maximum Gasteiger partial charge on any atom is 0.0627 e. The van der Waals surface area contributed by atoms with Crippen LogP contribution < -0.4 is 0 Å². The Balaban J connectivity index is 4.04. The maximum atomic E-state index is 5.40. The van der Waals surface area contributed by atoms with Crippen molar-refractivity contribution in [2.75, 3.05) is 12.4 Å². The summed E-state index contributed by atoms with van der Waals surface area (Å²) in [6, 6.07) is 0. The molecule has 0 heterocycles. The van der Waals surface area contributed by atoms with Gasteiger partial charge < -0.3 is 4.74 Å². The molecule has 0 unspecified atom stereocenters. The second-order valence-electron chi connectivity index (χ2n) is 4.74. The molecule has 0 aromatic carbocycles. The molecule has 0 saturated heterocycles. The van der Waals surface area contributed by atoms with Crippen molar-refractivity contribution < 1.29 is 4.74 Å². The van der Waals surface area contributed by atoms with E-state index in [0.29, 0.717) is 5.41 Å². The van der Waals surface area contributed by atoms with Crippen LogP contribution in [0.1, 0.15) is 40.5 Å². The lowest BCUT2D eigenvalue weighted by atomic mass is 9.80. The molecule has 0 aliphatic carbocycles. The normalized spacial score (nSPS) is 13.5. The number of methoxy groups -OCH3 is 1. The van der Waals surface area contributed by atoms with Gasteiger partial charge in [0, 0.05) is 12.4 Å². The van der Waals surface area contributed by atoms with Gasteiger partial charge in [0.05, 0.1) is 5.60 Å². The predicted octanol–water partition coefficient (Wildman–Crippen LogP) is 3.61. The van der Waals surface area contributed by atoms with E-state index in [1.165, 1.54) is 6.42 Å². The number of hydrogen-bond acceptors (Lipinski definition) is 1. The second kappa shape index (κ2) is 4.61. The molecule has 1 nitrogen and oxygen atoms in total. The molecule has 0 aliphatic heterocycles. The number of ether oxygens (including phenoxy) is 1. The third kappa shape index (κ3) is 5.15. The van der Waals surface area contributed by atoms with Crippen molar-refractivity contribution in [3.05, 3.63) is 0 Å². The first kappa shape index (κ1) is 12.4. The predicted molar refractivity (Wildman–Crippen MR) is 57.9 cm³/mol. The molecule has 0 fully saturated rings. The van der Waals surface area contributed by atoms with Gasteiger partial charge in [0.15, 0.2) is 0 Å². The van der Waals surface area contributed by atoms with Crippen LogP contribution in [0.2, 0.25) is 0 Å². The van der Waals surface area contributed by atoms with Crippen LogP contribution in [0.25, 0.3) is 0 Å². The van der Waals surface area contributed by atoms with Crippen LogP contribution in [0.4, 0.5) is 0 Å². The van der Waals surface area contributed by atoms with E-state index in [-0.39, 0.29) is 5.60 Å². The molecule has 74 valence electrons. The molecular formula is C10H21BrO. The van der Waals surface area contributed by atoms with Crippen molar-refractivity contribution in [2.45, 2.75) is 46.1 Å². The average Bonchev–Trinajstić information content (AvgIpc) is 1.85. The first-order chi connectivity index (χ1) is 5.33. The molecule has 2 heteroatoms. The van der Waals surface area contributed by atoms with Gasteiger partial charge in [0.1, 0.15) is 0 Å². The summed E-state index contributed by atoms with van der Waals surface area (Å²) < 4.78 is 5.40. The summed E-state index contributed by atoms with van der Waals surface area (Å²) in [5.74, 6) is 0. The molecule has 0 radical (unpaired) electrons. The molecule has 0 aliphatic rings. The number of hydrogen-bond donors (Lipinski definition) is 0. The van der Waals surface area contributed by atoms with Crippen LogP contribution in [0.5, 0.6) is 0 Å². The summed E-state index contributed by atoms with van der Waals surface area (Å²) in [4.78, 5) is 0. The average molecular weight is 237 g/mol. The van der Waals surface area contributed by atoms with Crippen molar-refractivity contribution in [1.29, 1.82) is 0 Å². The minimum absolute atomic E-state index is 0.00562. The highest BCUT2D eigenvalue weighted by molar-refractivity contribution is 9.09. The molecule has 0 aromatic heterocycles. The topological polar surface area (TPSA) is 9.23 Å². The Bertz CT molecular complexity index is 130. The standard InChI is InChI=1S/C10H21BrO/c1-9(2,6-7-11)8-10(3,4)12-5/h6-8H2,1-5H3. The van der Waals surface area contributed by atoms with Gasteiger partial charge in [-0.2, -0.15) is 0 Å². The summed E-state index contributed by atoms with van der Waals surface area (Å²) in [5, 5.41) is 1.07. The number of alkyl halides is 1. The largest absolute Gasteiger partial charge is 0.379 e. The SMILES string of the molecule is COC(C)(C)CC(C)(C)CCBr. The lowest BCUT2D eigenvalue weighted by Crippen LogP contribution is -2.30. The van der Waals surface area contributed by atoms with Gasteiger partial charge in [-0.1, -0.05) is 29.8 Å². The fraction of sp³-hybridized carbons (Fsp3) is 1.00. The smallest absolute Gasteiger partial charge is 0.0627 e. The lowest BCUT2D eigenvalue weighted by Gasteiger charge is -2.33. The van der Waals surface area contributed by atoms with Gasteiger partial charge in [-0.25, -0.2) is 0 Å². The van der Waals surface area contributed by atoms with E-state index in [1.807, 2.05) is 0 Å². The lowest BCUT2D eigenvalue weighted by molar-refractivity contribution is -0.0134. The highest BCUT2D eigenvalue weighted by atomic mass is 79.9. The molecule has 0 bridgehead atoms. The van der Waals surface area contributed by atoms with Gasteiger partial charge in [0.25, 0.3) is 0 Å². The van der Waals surface area contributed by atoms with Crippen LogP contribution in [0.3, 0.4) is 0 Å². The summed E-state index contributed by atoms with van der Waals surface area (Å²) >= 11 is 3.47. The zero-order valence-electron chi connectivity index (χ0n) is 8.91. The monoisotopic (exact) mass is 236 g/mol. The van der Waals surface area contributed by atoms with Crippen LogP contribution in [0, 0.1) is 5.41 Å². The van der Waals surface area contributed by atoms with Gasteiger partial charge >= 0.3 is 0 Å². The van der Waals surface area contributed by atoms with Crippen LogP contribution in [-0.4, -0.2) is 18.0 Å². The van der Waals surface area contributed by atoms with E-state index in [0.717, 1.165) is 11.8 Å². The summed E-state index contributed by atoms with van der Waals surface area (Å²) in [5.41, 5.74) is 0.370. The van der Waals surface area contributed by atoms with E-state index < -0.39 is 0 Å². The minimum Gasteiger partial charge on any atom is -0.379 e. The summed E-state index contributed by atoms with van der Waals surface area (Å²) in [7, 11) is 1.78. The zero-order chi connectivity index (χ0) is 9.83. The first-order valence-electron chi connectivity index (χ1n) is 4.44. The van der Waals surface area contributed by atoms with E-state index >= 15 is 0 Å². The Labute approximate surface area is 85.0 Å². The van der Waals surface area contributed by atoms with Crippen LogP contribution in [0.15, 0.2) is 0 Å². The Morgan fingerprint density at radius 2 is 1.67 bits per heavy atom. The first-order valence-corrected chi connectivity index (χ1v) is 5.56. The van der Waals surface area contributed by atoms with E-state index in [9.17, 15) is 0 Å². The third-order valence-corrected chi connectivity index (χ3v) is 2.62. The fourth-order valence-corrected chi connectivity index (χ4v) is 2.64. The van der Waals surface area contributed by atoms with Crippen LogP contribution in [-0.2, 0) is 4.74 Å². The van der Waals surface area contributed by atoms with E-state index in [4.69, 9.17) is 4.74 Å². The molecule has 0 rings (SSSR count). The Kier molecular flexibility index (Phi) is 4.78. The fourth-order valence-electron chi connectivity index (χ4n) is 1.57. The molecule has 0 spiro atoms. The van der Waals surface area contributed by atoms with Crippen LogP contribution >= 0.6 is 15.9 Å². The molecule has 0 aromatic rings. The Morgan fingerprint density at radius 3 is 2.00 bits per heavy atom. The van der Waals surface area contributed by atoms with Crippen molar-refractivity contribution in [2.24, 2.45) is 5.41 Å². The van der Waals surface area contributed by atoms with E-state index in [2.05, 4.69) is 43.6 Å². The van der Waals surface area contributed by atoms with Gasteiger partial charge in [-0.05, 0) is 32.1 Å². The number of rotatable bonds is 5. The molecule has 0 saturated carbocycles. The minimum atomic E-state index is 0.00562. The zero-order valence-corrected chi connectivity index (χ0v) is 10.5. The van der Waals surface area contributed by atoms with Gasteiger partial charge in [0.2, 0.25) is 0 Å². The molecule has 12 heavy (non-hydrogen) atoms. The highest BCUT2D eigenvalue weighted by Crippen LogP contribution is 2.33. The molecule has 0 atom stereocenters. The van der Waals surface area contributed by atoms with Crippen molar-refractivity contribution in [3.63, 3.8) is 0 Å². The summed E-state index contributed by atoms with van der Waals surface area (Å²) in [6.45, 7) is 8.86. The summed E-state index contributed by atoms with van der Waals surface area (Å²) in [6.07, 6.45) is 2.29. The molecular weight excluding hydrogens is 216 g/mol. The van der Waals surface area contributed by atoms with Gasteiger partial charge in [-0.3, -0.25) is 0 Å².